The molecule has 0 aromatic carbocycles. The molecule has 5 nitrogen and oxygen atoms in total. The molecule has 0 unspecified atom stereocenters. The van der Waals surface area contributed by atoms with Gasteiger partial charge in [-0.1, -0.05) is 20.3 Å². The average molecular weight is 267 g/mol. The minimum Gasteiger partial charge on any atom is -0.478 e. The average Bonchev–Trinajstić information content (AvgIpc) is 2.44. The summed E-state index contributed by atoms with van der Waals surface area (Å²) in [5.74, 6) is 1.42. The zero-order valence-electron chi connectivity index (χ0n) is 12.0. The molecule has 0 saturated carbocycles. The highest BCUT2D eigenvalue weighted by Gasteiger charge is 1.98. The van der Waals surface area contributed by atoms with E-state index >= 15 is 0 Å². The summed E-state index contributed by atoms with van der Waals surface area (Å²) in [6.45, 7) is 7.41. The molecule has 1 rings (SSSR count). The Bertz CT molecular complexity index is 334. The largest absolute Gasteiger partial charge is 0.478 e. The lowest BCUT2D eigenvalue weighted by molar-refractivity contribution is 0.131. The van der Waals surface area contributed by atoms with Crippen LogP contribution in [0, 0.1) is 0 Å². The third-order valence-corrected chi connectivity index (χ3v) is 2.51. The van der Waals surface area contributed by atoms with Gasteiger partial charge in [0.1, 0.15) is 12.1 Å². The Morgan fingerprint density at radius 2 is 1.89 bits per heavy atom. The predicted octanol–water partition coefficient (Wildman–Crippen LogP) is 2.88. The van der Waals surface area contributed by atoms with Crippen molar-refractivity contribution in [2.45, 2.75) is 39.5 Å². The summed E-state index contributed by atoms with van der Waals surface area (Å²) >= 11 is 0. The Morgan fingerprint density at radius 3 is 2.68 bits per heavy atom. The maximum Gasteiger partial charge on any atom is 0.218 e. The monoisotopic (exact) mass is 267 g/mol. The molecule has 1 aromatic heterocycles. The van der Waals surface area contributed by atoms with Crippen molar-refractivity contribution in [3.8, 4) is 5.88 Å². The number of rotatable bonds is 11. The molecule has 1 aromatic rings. The van der Waals surface area contributed by atoms with Gasteiger partial charge in [0, 0.05) is 25.8 Å². The SMILES string of the molecule is CCCCOCCCNc1cc(OCCC)ncn1. The molecule has 0 aliphatic heterocycles. The van der Waals surface area contributed by atoms with Crippen LogP contribution in [0.2, 0.25) is 0 Å². The molecule has 0 amide bonds. The first-order valence-corrected chi connectivity index (χ1v) is 7.13. The highest BCUT2D eigenvalue weighted by Crippen LogP contribution is 2.10. The van der Waals surface area contributed by atoms with Crippen LogP contribution in [0.25, 0.3) is 0 Å². The van der Waals surface area contributed by atoms with Gasteiger partial charge in [-0.15, -0.1) is 0 Å². The molecule has 0 fully saturated rings. The minimum absolute atomic E-state index is 0.624. The summed E-state index contributed by atoms with van der Waals surface area (Å²) in [5.41, 5.74) is 0. The van der Waals surface area contributed by atoms with Crippen molar-refractivity contribution in [3.05, 3.63) is 12.4 Å². The zero-order chi connectivity index (χ0) is 13.8. The Balaban J connectivity index is 2.14. The van der Waals surface area contributed by atoms with E-state index in [1.165, 1.54) is 12.7 Å². The number of anilines is 1. The van der Waals surface area contributed by atoms with Gasteiger partial charge >= 0.3 is 0 Å². The van der Waals surface area contributed by atoms with Crippen LogP contribution in [-0.2, 0) is 4.74 Å². The lowest BCUT2D eigenvalue weighted by Gasteiger charge is -2.08. The molecule has 108 valence electrons. The number of ether oxygens (including phenoxy) is 2. The molecule has 0 aliphatic carbocycles. The van der Waals surface area contributed by atoms with E-state index in [4.69, 9.17) is 9.47 Å². The lowest BCUT2D eigenvalue weighted by Crippen LogP contribution is -2.08. The molecule has 0 atom stereocenters. The molecule has 0 saturated heterocycles. The number of hydrogen-bond acceptors (Lipinski definition) is 5. The van der Waals surface area contributed by atoms with Gasteiger partial charge in [-0.25, -0.2) is 9.97 Å². The second kappa shape index (κ2) is 10.6. The molecule has 1 heterocycles. The second-order valence-electron chi connectivity index (χ2n) is 4.34. The molecular formula is C14H25N3O2. The van der Waals surface area contributed by atoms with Gasteiger partial charge in [0.15, 0.2) is 0 Å². The van der Waals surface area contributed by atoms with Crippen molar-refractivity contribution in [2.75, 3.05) is 31.7 Å². The zero-order valence-corrected chi connectivity index (χ0v) is 12.0. The van der Waals surface area contributed by atoms with Crippen LogP contribution in [0.3, 0.4) is 0 Å². The summed E-state index contributed by atoms with van der Waals surface area (Å²) < 4.78 is 10.9. The quantitative estimate of drug-likeness (QED) is 0.625. The third-order valence-electron chi connectivity index (χ3n) is 2.51. The minimum atomic E-state index is 0.624. The van der Waals surface area contributed by atoms with Gasteiger partial charge in [-0.05, 0) is 19.3 Å². The Kier molecular flexibility index (Phi) is 8.72. The molecule has 0 radical (unpaired) electrons. The standard InChI is InChI=1S/C14H25N3O2/c1-3-5-9-18-10-6-7-15-13-11-14(17-12-16-13)19-8-4-2/h11-12H,3-10H2,1-2H3,(H,15,16,17). The van der Waals surface area contributed by atoms with Gasteiger partial charge in [0.05, 0.1) is 6.61 Å². The highest BCUT2D eigenvalue weighted by molar-refractivity contribution is 5.36. The highest BCUT2D eigenvalue weighted by atomic mass is 16.5. The molecule has 0 bridgehead atoms. The normalized spacial score (nSPS) is 10.4. The van der Waals surface area contributed by atoms with Crippen LogP contribution < -0.4 is 10.1 Å². The van der Waals surface area contributed by atoms with E-state index in [2.05, 4.69) is 29.1 Å². The summed E-state index contributed by atoms with van der Waals surface area (Å²) in [7, 11) is 0. The molecule has 5 heteroatoms. The first kappa shape index (κ1) is 15.7. The fourth-order valence-corrected chi connectivity index (χ4v) is 1.46. The number of nitrogens with one attached hydrogen (secondary N) is 1. The number of nitrogens with zero attached hydrogens (tertiary/aromatic N) is 2. The lowest BCUT2D eigenvalue weighted by atomic mass is 10.3. The van der Waals surface area contributed by atoms with E-state index < -0.39 is 0 Å². The maximum absolute atomic E-state index is 5.49. The maximum atomic E-state index is 5.49. The van der Waals surface area contributed by atoms with Crippen molar-refractivity contribution in [1.82, 2.24) is 9.97 Å². The molecule has 0 spiro atoms. The van der Waals surface area contributed by atoms with E-state index in [0.29, 0.717) is 12.5 Å². The molecule has 1 N–H and O–H groups in total. The first-order chi connectivity index (χ1) is 9.36. The van der Waals surface area contributed by atoms with Crippen molar-refractivity contribution in [1.29, 1.82) is 0 Å². The van der Waals surface area contributed by atoms with Crippen LogP contribution in [-0.4, -0.2) is 36.3 Å². The molecule has 19 heavy (non-hydrogen) atoms. The number of hydrogen-bond donors (Lipinski definition) is 1. The second-order valence-corrected chi connectivity index (χ2v) is 4.34. The van der Waals surface area contributed by atoms with E-state index in [1.54, 1.807) is 0 Å². The van der Waals surface area contributed by atoms with Crippen LogP contribution in [0.1, 0.15) is 39.5 Å². The van der Waals surface area contributed by atoms with E-state index in [0.717, 1.165) is 44.8 Å². The fraction of sp³-hybridized carbons (Fsp3) is 0.714. The summed E-state index contributed by atoms with van der Waals surface area (Å²) in [5, 5.41) is 3.24. The Morgan fingerprint density at radius 1 is 1.05 bits per heavy atom. The smallest absolute Gasteiger partial charge is 0.218 e. The van der Waals surface area contributed by atoms with E-state index in [1.807, 2.05) is 6.07 Å². The summed E-state index contributed by atoms with van der Waals surface area (Å²) in [6.07, 6.45) is 5.78. The summed E-state index contributed by atoms with van der Waals surface area (Å²) in [6, 6.07) is 1.83. The van der Waals surface area contributed by atoms with Crippen molar-refractivity contribution >= 4 is 5.82 Å². The summed E-state index contributed by atoms with van der Waals surface area (Å²) in [4.78, 5) is 8.21. The third kappa shape index (κ3) is 7.62. The van der Waals surface area contributed by atoms with E-state index in [-0.39, 0.29) is 0 Å². The van der Waals surface area contributed by atoms with Crippen LogP contribution in [0.15, 0.2) is 12.4 Å². The van der Waals surface area contributed by atoms with Gasteiger partial charge in [0.25, 0.3) is 0 Å². The van der Waals surface area contributed by atoms with Gasteiger partial charge in [-0.2, -0.15) is 0 Å². The van der Waals surface area contributed by atoms with Gasteiger partial charge < -0.3 is 14.8 Å². The number of aromatic nitrogens is 2. The Labute approximate surface area is 115 Å². The molecular weight excluding hydrogens is 242 g/mol. The van der Waals surface area contributed by atoms with E-state index in [9.17, 15) is 0 Å². The van der Waals surface area contributed by atoms with Crippen LogP contribution in [0.4, 0.5) is 5.82 Å². The van der Waals surface area contributed by atoms with Crippen LogP contribution >= 0.6 is 0 Å². The molecule has 0 aliphatic rings. The first-order valence-electron chi connectivity index (χ1n) is 7.13. The fourth-order valence-electron chi connectivity index (χ4n) is 1.46. The van der Waals surface area contributed by atoms with Gasteiger partial charge in [0.2, 0.25) is 5.88 Å². The van der Waals surface area contributed by atoms with Crippen LogP contribution in [0.5, 0.6) is 5.88 Å². The predicted molar refractivity (Wildman–Crippen MR) is 76.7 cm³/mol. The van der Waals surface area contributed by atoms with Gasteiger partial charge in [-0.3, -0.25) is 0 Å². The number of unbranched alkanes of at least 4 members (excludes halogenated alkanes) is 1. The van der Waals surface area contributed by atoms with Crippen molar-refractivity contribution < 1.29 is 9.47 Å². The van der Waals surface area contributed by atoms with Crippen molar-refractivity contribution in [2.24, 2.45) is 0 Å². The van der Waals surface area contributed by atoms with Crippen molar-refractivity contribution in [3.63, 3.8) is 0 Å². The topological polar surface area (TPSA) is 56.3 Å². The Hall–Kier alpha value is -1.36.